The molecule has 29 heavy (non-hydrogen) atoms. The summed E-state index contributed by atoms with van der Waals surface area (Å²) in [6, 6.07) is 10.3. The van der Waals surface area contributed by atoms with Crippen LogP contribution in [-0.4, -0.2) is 38.9 Å². The summed E-state index contributed by atoms with van der Waals surface area (Å²) in [6.07, 6.45) is 0.0172. The van der Waals surface area contributed by atoms with E-state index in [0.29, 0.717) is 34.2 Å². The third-order valence-corrected chi connectivity index (χ3v) is 4.04. The highest BCUT2D eigenvalue weighted by Gasteiger charge is 2.12. The Morgan fingerprint density at radius 1 is 0.931 bits per heavy atom. The van der Waals surface area contributed by atoms with E-state index in [1.165, 1.54) is 21.3 Å². The molecule has 0 atom stereocenters. The van der Waals surface area contributed by atoms with Crippen molar-refractivity contribution in [1.29, 1.82) is 0 Å². The van der Waals surface area contributed by atoms with Crippen LogP contribution in [0.2, 0.25) is 0 Å². The Bertz CT molecular complexity index is 925. The number of hydrogen-bond donors (Lipinski definition) is 2. The number of hydrogen-bond acceptors (Lipinski definition) is 6. The summed E-state index contributed by atoms with van der Waals surface area (Å²) in [5.74, 6) is 0.834. The minimum absolute atomic E-state index is 0.0172. The number of anilines is 1. The van der Waals surface area contributed by atoms with E-state index < -0.39 is 5.91 Å². The van der Waals surface area contributed by atoms with Gasteiger partial charge >= 0.3 is 0 Å². The largest absolute Gasteiger partial charge is 0.495 e. The first-order valence-electron chi connectivity index (χ1n) is 8.88. The Kier molecular flexibility index (Phi) is 7.59. The molecule has 2 rings (SSSR count). The first-order chi connectivity index (χ1) is 13.9. The van der Waals surface area contributed by atoms with Gasteiger partial charge in [0.25, 0.3) is 5.91 Å². The molecule has 2 amide bonds. The van der Waals surface area contributed by atoms with Gasteiger partial charge in [-0.15, -0.1) is 0 Å². The number of nitrogens with zero attached hydrogens (tertiary/aromatic N) is 1. The van der Waals surface area contributed by atoms with Crippen molar-refractivity contribution in [2.45, 2.75) is 20.3 Å². The van der Waals surface area contributed by atoms with Gasteiger partial charge in [0.1, 0.15) is 5.75 Å². The molecule has 154 valence electrons. The van der Waals surface area contributed by atoms with Gasteiger partial charge in [0, 0.05) is 11.3 Å². The molecule has 0 bridgehead atoms. The molecule has 0 unspecified atom stereocenters. The summed E-state index contributed by atoms with van der Waals surface area (Å²) in [6.45, 7) is 3.58. The zero-order valence-corrected chi connectivity index (χ0v) is 17.2. The average molecular weight is 399 g/mol. The second-order valence-corrected chi connectivity index (χ2v) is 6.29. The van der Waals surface area contributed by atoms with Crippen LogP contribution >= 0.6 is 0 Å². The summed E-state index contributed by atoms with van der Waals surface area (Å²) in [7, 11) is 4.54. The molecule has 0 aromatic heterocycles. The maximum absolute atomic E-state index is 12.3. The zero-order chi connectivity index (χ0) is 21.4. The number of rotatable bonds is 8. The highest BCUT2D eigenvalue weighted by molar-refractivity contribution is 6.06. The fourth-order valence-electron chi connectivity index (χ4n) is 2.57. The van der Waals surface area contributed by atoms with E-state index in [-0.39, 0.29) is 12.3 Å². The van der Waals surface area contributed by atoms with Gasteiger partial charge in [0.15, 0.2) is 11.5 Å². The smallest absolute Gasteiger partial charge is 0.271 e. The lowest BCUT2D eigenvalue weighted by Gasteiger charge is -2.11. The third-order valence-electron chi connectivity index (χ3n) is 4.04. The van der Waals surface area contributed by atoms with Crippen molar-refractivity contribution in [1.82, 2.24) is 5.43 Å². The first kappa shape index (κ1) is 21.7. The van der Waals surface area contributed by atoms with E-state index in [2.05, 4.69) is 15.8 Å². The lowest BCUT2D eigenvalue weighted by atomic mass is 10.2. The molecule has 0 fully saturated rings. The molecule has 8 heteroatoms. The van der Waals surface area contributed by atoms with Crippen LogP contribution < -0.4 is 25.0 Å². The summed E-state index contributed by atoms with van der Waals surface area (Å²) in [5, 5.41) is 6.79. The second-order valence-electron chi connectivity index (χ2n) is 6.29. The van der Waals surface area contributed by atoms with Gasteiger partial charge in [0.05, 0.1) is 33.4 Å². The minimum atomic E-state index is -0.425. The van der Waals surface area contributed by atoms with Gasteiger partial charge in [0.2, 0.25) is 5.91 Å². The number of nitrogens with one attached hydrogen (secondary N) is 2. The van der Waals surface area contributed by atoms with Gasteiger partial charge in [-0.05, 0) is 49.7 Å². The fourth-order valence-corrected chi connectivity index (χ4v) is 2.57. The minimum Gasteiger partial charge on any atom is -0.495 e. The van der Waals surface area contributed by atoms with Crippen LogP contribution in [0.5, 0.6) is 17.2 Å². The maximum Gasteiger partial charge on any atom is 0.271 e. The molecule has 8 nitrogen and oxygen atoms in total. The van der Waals surface area contributed by atoms with Crippen molar-refractivity contribution in [2.75, 3.05) is 26.6 Å². The van der Waals surface area contributed by atoms with Crippen molar-refractivity contribution in [3.05, 3.63) is 47.5 Å². The molecule has 0 spiro atoms. The number of amides is 2. The predicted molar refractivity (Wildman–Crippen MR) is 111 cm³/mol. The van der Waals surface area contributed by atoms with Gasteiger partial charge < -0.3 is 19.5 Å². The molecule has 2 aromatic rings. The first-order valence-corrected chi connectivity index (χ1v) is 8.88. The van der Waals surface area contributed by atoms with Crippen molar-refractivity contribution >= 4 is 23.2 Å². The van der Waals surface area contributed by atoms with Crippen molar-refractivity contribution < 1.29 is 23.8 Å². The summed E-state index contributed by atoms with van der Waals surface area (Å²) < 4.78 is 15.6. The van der Waals surface area contributed by atoms with Crippen LogP contribution in [0.1, 0.15) is 29.3 Å². The molecule has 0 saturated heterocycles. The average Bonchev–Trinajstić information content (AvgIpc) is 2.71. The molecule has 0 heterocycles. The number of carbonyl (C=O) groups is 2. The van der Waals surface area contributed by atoms with E-state index in [9.17, 15) is 9.59 Å². The lowest BCUT2D eigenvalue weighted by molar-refractivity contribution is -0.115. The van der Waals surface area contributed by atoms with Crippen molar-refractivity contribution in [3.63, 3.8) is 0 Å². The van der Waals surface area contributed by atoms with E-state index >= 15 is 0 Å². The Morgan fingerprint density at radius 3 is 2.24 bits per heavy atom. The molecule has 0 saturated carbocycles. The number of hydrazone groups is 1. The maximum atomic E-state index is 12.3. The summed E-state index contributed by atoms with van der Waals surface area (Å²) >= 11 is 0. The molecule has 0 aliphatic rings. The van der Waals surface area contributed by atoms with E-state index in [1.807, 2.05) is 19.1 Å². The third kappa shape index (κ3) is 5.97. The van der Waals surface area contributed by atoms with Crippen LogP contribution in [0.4, 0.5) is 5.69 Å². The van der Waals surface area contributed by atoms with E-state index in [4.69, 9.17) is 14.2 Å². The van der Waals surface area contributed by atoms with Crippen LogP contribution in [0, 0.1) is 6.92 Å². The van der Waals surface area contributed by atoms with E-state index in [1.54, 1.807) is 31.2 Å². The monoisotopic (exact) mass is 399 g/mol. The van der Waals surface area contributed by atoms with E-state index in [0.717, 1.165) is 5.56 Å². The Labute approximate surface area is 169 Å². The van der Waals surface area contributed by atoms with Crippen LogP contribution in [-0.2, 0) is 4.79 Å². The predicted octanol–water partition coefficient (Wildman–Crippen LogP) is 3.16. The SMILES string of the molecule is COc1ccc(C)cc1NC(=O)C/C(C)=N/NC(=O)c1ccc(OC)c(OC)c1. The Morgan fingerprint density at radius 2 is 1.59 bits per heavy atom. The summed E-state index contributed by atoms with van der Waals surface area (Å²) in [5.41, 5.74) is 4.82. The summed E-state index contributed by atoms with van der Waals surface area (Å²) in [4.78, 5) is 24.6. The molecule has 0 aliphatic carbocycles. The normalized spacial score (nSPS) is 10.9. The quantitative estimate of drug-likeness (QED) is 0.525. The van der Waals surface area contributed by atoms with Gasteiger partial charge in [-0.3, -0.25) is 9.59 Å². The molecule has 2 N–H and O–H groups in total. The van der Waals surface area contributed by atoms with Gasteiger partial charge in [-0.2, -0.15) is 5.10 Å². The number of ether oxygens (including phenoxy) is 3. The Hall–Kier alpha value is -3.55. The highest BCUT2D eigenvalue weighted by Crippen LogP contribution is 2.27. The van der Waals surface area contributed by atoms with Crippen LogP contribution in [0.3, 0.4) is 0 Å². The fraction of sp³-hybridized carbons (Fsp3) is 0.286. The van der Waals surface area contributed by atoms with Crippen LogP contribution in [0.15, 0.2) is 41.5 Å². The number of carbonyl (C=O) groups excluding carboxylic acids is 2. The van der Waals surface area contributed by atoms with Crippen molar-refractivity contribution in [3.8, 4) is 17.2 Å². The number of aryl methyl sites for hydroxylation is 1. The highest BCUT2D eigenvalue weighted by atomic mass is 16.5. The molecule has 0 aliphatic heterocycles. The zero-order valence-electron chi connectivity index (χ0n) is 17.2. The topological polar surface area (TPSA) is 98.2 Å². The van der Waals surface area contributed by atoms with Crippen molar-refractivity contribution in [2.24, 2.45) is 5.10 Å². The molecule has 0 radical (unpaired) electrons. The molecule has 2 aromatic carbocycles. The second kappa shape index (κ2) is 10.1. The van der Waals surface area contributed by atoms with Gasteiger partial charge in [-0.25, -0.2) is 5.43 Å². The van der Waals surface area contributed by atoms with Crippen LogP contribution in [0.25, 0.3) is 0 Å². The number of benzene rings is 2. The number of methoxy groups -OCH3 is 3. The van der Waals surface area contributed by atoms with Gasteiger partial charge in [-0.1, -0.05) is 6.07 Å². The molecular formula is C21H25N3O5. The standard InChI is InChI=1S/C21H25N3O5/c1-13-6-8-17(27-3)16(10-13)22-20(25)11-14(2)23-24-21(26)15-7-9-18(28-4)19(12-15)29-5/h6-10,12H,11H2,1-5H3,(H,22,25)(H,24,26)/b23-14+. The lowest BCUT2D eigenvalue weighted by Crippen LogP contribution is -2.21. The molecular weight excluding hydrogens is 374 g/mol. The Balaban J connectivity index is 1.98.